The summed E-state index contributed by atoms with van der Waals surface area (Å²) in [6.45, 7) is 19.1. The van der Waals surface area contributed by atoms with Crippen molar-refractivity contribution in [2.75, 3.05) is 43.9 Å². The van der Waals surface area contributed by atoms with Gasteiger partial charge >= 0.3 is 0 Å². The van der Waals surface area contributed by atoms with Gasteiger partial charge in [0.15, 0.2) is 11.6 Å². The van der Waals surface area contributed by atoms with Gasteiger partial charge in [-0.1, -0.05) is 71.2 Å². The number of likely N-dealkylation sites (N-methyl/N-ethyl adjacent to an activating group) is 1. The molecule has 2 aromatic heterocycles. The maximum absolute atomic E-state index is 10.3. The number of ketones is 1. The van der Waals surface area contributed by atoms with Gasteiger partial charge in [0.25, 0.3) is 0 Å². The number of hydrazone groups is 1. The second-order valence-electron chi connectivity index (χ2n) is 13.3. The Balaban J connectivity index is 0.000000526. The fourth-order valence-corrected chi connectivity index (χ4v) is 5.66. The molecule has 280 valence electrons. The number of ether oxygens (including phenoxy) is 1. The third kappa shape index (κ3) is 13.2. The van der Waals surface area contributed by atoms with E-state index in [-0.39, 0.29) is 5.78 Å². The fourth-order valence-electron chi connectivity index (χ4n) is 5.44. The molecule has 11 heteroatoms. The summed E-state index contributed by atoms with van der Waals surface area (Å²) >= 11 is 6.63. The number of anilines is 3. The van der Waals surface area contributed by atoms with Gasteiger partial charge in [0.1, 0.15) is 29.2 Å². The lowest BCUT2D eigenvalue weighted by Gasteiger charge is -2.26. The van der Waals surface area contributed by atoms with Crippen molar-refractivity contribution in [3.63, 3.8) is 0 Å². The van der Waals surface area contributed by atoms with E-state index in [9.17, 15) is 4.79 Å². The van der Waals surface area contributed by atoms with Crippen LogP contribution in [0.4, 0.5) is 17.3 Å². The number of allylic oxidation sites excluding steroid dienone is 3. The van der Waals surface area contributed by atoms with E-state index in [1.54, 1.807) is 36.8 Å². The Morgan fingerprint density at radius 2 is 1.96 bits per heavy atom. The van der Waals surface area contributed by atoms with Gasteiger partial charge in [-0.05, 0) is 95.1 Å². The number of benzene rings is 1. The number of hydrogen-bond donors (Lipinski definition) is 1. The number of pyridine rings is 1. The maximum atomic E-state index is 10.3. The van der Waals surface area contributed by atoms with Crippen molar-refractivity contribution in [3.05, 3.63) is 89.7 Å². The van der Waals surface area contributed by atoms with E-state index >= 15 is 0 Å². The summed E-state index contributed by atoms with van der Waals surface area (Å²) in [6, 6.07) is 7.75. The highest BCUT2D eigenvalue weighted by atomic mass is 35.5. The van der Waals surface area contributed by atoms with E-state index in [0.717, 1.165) is 61.4 Å². The second kappa shape index (κ2) is 21.7. The number of rotatable bonds is 12. The molecule has 0 spiro atoms. The van der Waals surface area contributed by atoms with Gasteiger partial charge in [-0.25, -0.2) is 20.0 Å². The second-order valence-corrected chi connectivity index (χ2v) is 13.7. The van der Waals surface area contributed by atoms with Crippen LogP contribution in [0.3, 0.4) is 0 Å². The highest BCUT2D eigenvalue weighted by Crippen LogP contribution is 2.34. The van der Waals surface area contributed by atoms with Crippen LogP contribution in [0.2, 0.25) is 5.02 Å². The number of nitrogens with zero attached hydrogens (tertiary/aromatic N) is 7. The van der Waals surface area contributed by atoms with Crippen molar-refractivity contribution in [1.82, 2.24) is 24.9 Å². The van der Waals surface area contributed by atoms with E-state index in [1.807, 2.05) is 62.3 Å². The summed E-state index contributed by atoms with van der Waals surface area (Å²) in [6.07, 6.45) is 19.1. The minimum absolute atomic E-state index is 0.108. The molecule has 0 bridgehead atoms. The van der Waals surface area contributed by atoms with Crippen molar-refractivity contribution in [1.29, 1.82) is 0 Å². The first-order valence-corrected chi connectivity index (χ1v) is 18.7. The first-order chi connectivity index (χ1) is 25.0. The minimum atomic E-state index is 0.108. The van der Waals surface area contributed by atoms with Crippen molar-refractivity contribution >= 4 is 52.0 Å². The van der Waals surface area contributed by atoms with Crippen LogP contribution in [-0.2, 0) is 11.2 Å². The molecule has 0 radical (unpaired) electrons. The van der Waals surface area contributed by atoms with Crippen molar-refractivity contribution < 1.29 is 9.53 Å². The van der Waals surface area contributed by atoms with Gasteiger partial charge in [0.05, 0.1) is 16.2 Å². The summed E-state index contributed by atoms with van der Waals surface area (Å²) in [7, 11) is 3.93. The Bertz CT molecular complexity index is 1750. The average molecular weight is 729 g/mol. The molecule has 5 rings (SSSR count). The standard InChI is InChI=1S/C31H36ClN7O.C7H13NO.C3H8/c1-5-7-8-14-38-19-21(3)9-10-23-17-27-29(37-31(23)38)30(34-20-33-27)36-24-11-12-28(26(32)18-24)40-25-13-15-39(35-6-2)22(4)16-25;1-7(9)5-4-6-8(2)3;1-3-2/h6,11-13,15-18,20-21H,4-5,7-10,14,19H2,1-3H3,(H,33,34,36);4-5H,6H2,1-3H3;3H2,1-2H3/b35-6-;5-4+;. The molecular weight excluding hydrogens is 672 g/mol. The smallest absolute Gasteiger partial charge is 0.160 e. The molecule has 1 atom stereocenters. The molecular formula is C41H57ClN8O2. The Hall–Kier alpha value is -4.54. The molecule has 0 saturated carbocycles. The fraction of sp³-hybridized carbons (Fsp3) is 0.439. The van der Waals surface area contributed by atoms with Crippen LogP contribution < -0.4 is 15.0 Å². The largest absolute Gasteiger partial charge is 0.456 e. The molecule has 1 N–H and O–H groups in total. The summed E-state index contributed by atoms with van der Waals surface area (Å²) < 4.78 is 6.02. The number of carbonyl (C=O) groups excluding carboxylic acids is 1. The zero-order chi connectivity index (χ0) is 38.0. The number of hydrogen-bond acceptors (Lipinski definition) is 10. The minimum Gasteiger partial charge on any atom is -0.456 e. The lowest BCUT2D eigenvalue weighted by Crippen LogP contribution is -2.29. The summed E-state index contributed by atoms with van der Waals surface area (Å²) in [5.74, 6) is 3.60. The van der Waals surface area contributed by atoms with Crippen LogP contribution in [0.1, 0.15) is 79.2 Å². The molecule has 0 amide bonds. The molecule has 10 nitrogen and oxygen atoms in total. The van der Waals surface area contributed by atoms with Crippen molar-refractivity contribution in [3.8, 4) is 5.75 Å². The van der Waals surface area contributed by atoms with E-state index in [2.05, 4.69) is 65.6 Å². The topological polar surface area (TPSA) is 99.1 Å². The lowest BCUT2D eigenvalue weighted by atomic mass is 10.0. The van der Waals surface area contributed by atoms with Crippen LogP contribution >= 0.6 is 11.6 Å². The lowest BCUT2D eigenvalue weighted by molar-refractivity contribution is -0.112. The molecule has 1 unspecified atom stereocenters. The third-order valence-corrected chi connectivity index (χ3v) is 8.20. The highest BCUT2D eigenvalue weighted by Gasteiger charge is 2.23. The quantitative estimate of drug-likeness (QED) is 0.111. The third-order valence-electron chi connectivity index (χ3n) is 7.90. The number of nitrogens with one attached hydrogen (secondary N) is 1. The van der Waals surface area contributed by atoms with Gasteiger partial charge in [0, 0.05) is 43.8 Å². The summed E-state index contributed by atoms with van der Waals surface area (Å²) in [5.41, 5.74) is 4.33. The first-order valence-electron chi connectivity index (χ1n) is 18.3. The van der Waals surface area contributed by atoms with Gasteiger partial charge in [0.2, 0.25) is 0 Å². The van der Waals surface area contributed by atoms with E-state index in [4.69, 9.17) is 21.3 Å². The molecule has 0 aliphatic carbocycles. The number of fused-ring (bicyclic) bond motifs is 2. The Morgan fingerprint density at radius 1 is 1.19 bits per heavy atom. The van der Waals surface area contributed by atoms with E-state index in [0.29, 0.717) is 34.0 Å². The maximum Gasteiger partial charge on any atom is 0.160 e. The zero-order valence-electron chi connectivity index (χ0n) is 32.3. The Kier molecular flexibility index (Phi) is 17.5. The predicted octanol–water partition coefficient (Wildman–Crippen LogP) is 9.72. The highest BCUT2D eigenvalue weighted by molar-refractivity contribution is 6.32. The van der Waals surface area contributed by atoms with Crippen LogP contribution in [0.15, 0.2) is 84.2 Å². The Morgan fingerprint density at radius 3 is 2.62 bits per heavy atom. The normalized spacial score (nSPS) is 15.5. The van der Waals surface area contributed by atoms with Crippen LogP contribution in [0.5, 0.6) is 5.75 Å². The number of aryl methyl sites for hydroxylation is 1. The van der Waals surface area contributed by atoms with E-state index in [1.165, 1.54) is 24.8 Å². The van der Waals surface area contributed by atoms with E-state index < -0.39 is 0 Å². The molecule has 3 aromatic rings. The van der Waals surface area contributed by atoms with Gasteiger partial charge in [-0.3, -0.25) is 4.79 Å². The zero-order valence-corrected chi connectivity index (χ0v) is 33.1. The number of aromatic nitrogens is 3. The number of halogens is 1. The molecule has 0 fully saturated rings. The SMILES string of the molecule is C=C1C=C(Oc2ccc(Nc3ncnc4cc5c(nc34)N(CCCCC)CC(C)CC5)cc2Cl)C=CN1/N=C\C.CC(=O)/C=C/CN(C)C.CCC. The molecule has 1 aromatic carbocycles. The van der Waals surface area contributed by atoms with Gasteiger partial charge in [-0.2, -0.15) is 5.10 Å². The Labute approximate surface area is 316 Å². The van der Waals surface area contributed by atoms with Crippen LogP contribution in [0, 0.1) is 5.92 Å². The number of unbranched alkanes of at least 4 members (excludes halogenated alkanes) is 2. The predicted molar refractivity (Wildman–Crippen MR) is 219 cm³/mol. The van der Waals surface area contributed by atoms with Gasteiger partial charge < -0.3 is 19.9 Å². The van der Waals surface area contributed by atoms with Gasteiger partial charge in [-0.15, -0.1) is 0 Å². The molecule has 2 aliphatic heterocycles. The van der Waals surface area contributed by atoms with Crippen molar-refractivity contribution in [2.45, 2.75) is 80.1 Å². The molecule has 2 aliphatic rings. The molecule has 52 heavy (non-hydrogen) atoms. The van der Waals surface area contributed by atoms with Crippen molar-refractivity contribution in [2.24, 2.45) is 11.0 Å². The molecule has 4 heterocycles. The average Bonchev–Trinajstić information content (AvgIpc) is 3.24. The number of carbonyl (C=O) groups is 1. The van der Waals surface area contributed by atoms with Crippen LogP contribution in [0.25, 0.3) is 11.0 Å². The summed E-state index contributed by atoms with van der Waals surface area (Å²) in [5, 5.41) is 9.76. The summed E-state index contributed by atoms with van der Waals surface area (Å²) in [4.78, 5) is 29.0. The monoisotopic (exact) mass is 728 g/mol. The first kappa shape index (κ1) is 41.9. The van der Waals surface area contributed by atoms with Crippen LogP contribution in [-0.4, -0.2) is 70.6 Å². The molecule has 0 saturated heterocycles.